The van der Waals surface area contributed by atoms with Crippen LogP contribution in [0.5, 0.6) is 11.5 Å². The lowest BCUT2D eigenvalue weighted by molar-refractivity contribution is -0.119. The quantitative estimate of drug-likeness (QED) is 0.231. The average Bonchev–Trinajstić information content (AvgIpc) is 2.66. The Kier molecular flexibility index (Phi) is 15.3. The second kappa shape index (κ2) is 16.3. The lowest BCUT2D eigenvalue weighted by atomic mass is 10.1. The van der Waals surface area contributed by atoms with Gasteiger partial charge in [0.25, 0.3) is 0 Å². The number of nitrogens with zero attached hydrogens (tertiary/aromatic N) is 1. The first-order valence-electron chi connectivity index (χ1n) is 9.81. The molecule has 28 heavy (non-hydrogen) atoms. The number of nitrogens with one attached hydrogen (secondary N) is 3. The van der Waals surface area contributed by atoms with Crippen LogP contribution in [0.2, 0.25) is 0 Å². The van der Waals surface area contributed by atoms with Crippen molar-refractivity contribution in [3.8, 4) is 11.5 Å². The topological polar surface area (TPSA) is 84.0 Å². The standard InChI is InChI=1S/C20H34N4O3.HI/c1-5-12-22-19(25)15-24-20(21-6-2)23-13-11-16-9-10-17(26-7-3)18(14-16)27-8-4;/h9-10,14H,5-8,11-13,15H2,1-4H3,(H,22,25)(H2,21,23,24);1H. The zero-order chi connectivity index (χ0) is 19.9. The number of carbonyl (C=O) groups excluding carboxylic acids is 1. The number of hydrogen-bond donors (Lipinski definition) is 3. The van der Waals surface area contributed by atoms with Gasteiger partial charge in [-0.05, 0) is 51.3 Å². The van der Waals surface area contributed by atoms with Gasteiger partial charge in [-0.3, -0.25) is 4.79 Å². The molecule has 0 bridgehead atoms. The summed E-state index contributed by atoms with van der Waals surface area (Å²) >= 11 is 0. The Morgan fingerprint density at radius 1 is 0.964 bits per heavy atom. The molecule has 1 amide bonds. The molecule has 0 saturated carbocycles. The summed E-state index contributed by atoms with van der Waals surface area (Å²) in [4.78, 5) is 16.0. The van der Waals surface area contributed by atoms with E-state index >= 15 is 0 Å². The van der Waals surface area contributed by atoms with Crippen molar-refractivity contribution in [1.29, 1.82) is 0 Å². The second-order valence-electron chi connectivity index (χ2n) is 5.87. The molecule has 0 saturated heterocycles. The molecule has 0 aliphatic rings. The van der Waals surface area contributed by atoms with Crippen LogP contribution >= 0.6 is 24.0 Å². The van der Waals surface area contributed by atoms with Gasteiger partial charge in [-0.2, -0.15) is 0 Å². The van der Waals surface area contributed by atoms with Crippen LogP contribution in [0.1, 0.15) is 39.7 Å². The first kappa shape index (κ1) is 26.3. The van der Waals surface area contributed by atoms with Crippen molar-refractivity contribution >= 4 is 35.8 Å². The van der Waals surface area contributed by atoms with Crippen molar-refractivity contribution in [3.05, 3.63) is 23.8 Å². The Balaban J connectivity index is 0.00000729. The molecule has 160 valence electrons. The van der Waals surface area contributed by atoms with Gasteiger partial charge in [0.2, 0.25) is 5.91 Å². The van der Waals surface area contributed by atoms with Crippen LogP contribution < -0.4 is 25.4 Å². The maximum absolute atomic E-state index is 11.7. The summed E-state index contributed by atoms with van der Waals surface area (Å²) in [6.45, 7) is 11.4. The molecule has 0 aliphatic heterocycles. The molecule has 0 spiro atoms. The van der Waals surface area contributed by atoms with E-state index in [9.17, 15) is 4.79 Å². The number of hydrogen-bond acceptors (Lipinski definition) is 4. The summed E-state index contributed by atoms with van der Waals surface area (Å²) in [5.41, 5.74) is 1.14. The third kappa shape index (κ3) is 10.6. The summed E-state index contributed by atoms with van der Waals surface area (Å²) in [6, 6.07) is 6.00. The minimum absolute atomic E-state index is 0. The number of guanidine groups is 1. The summed E-state index contributed by atoms with van der Waals surface area (Å²) in [6.07, 6.45) is 1.72. The largest absolute Gasteiger partial charge is 0.490 e. The second-order valence-corrected chi connectivity index (χ2v) is 5.87. The van der Waals surface area contributed by atoms with E-state index in [0.717, 1.165) is 36.4 Å². The van der Waals surface area contributed by atoms with Gasteiger partial charge in [-0.1, -0.05) is 13.0 Å². The van der Waals surface area contributed by atoms with Gasteiger partial charge in [0.1, 0.15) is 6.54 Å². The van der Waals surface area contributed by atoms with E-state index in [2.05, 4.69) is 20.9 Å². The predicted octanol–water partition coefficient (Wildman–Crippen LogP) is 2.73. The van der Waals surface area contributed by atoms with Crippen LogP contribution in [0.4, 0.5) is 0 Å². The van der Waals surface area contributed by atoms with Gasteiger partial charge in [0.05, 0.1) is 13.2 Å². The van der Waals surface area contributed by atoms with E-state index in [1.807, 2.05) is 45.9 Å². The number of amides is 1. The fourth-order valence-electron chi connectivity index (χ4n) is 2.39. The van der Waals surface area contributed by atoms with Gasteiger partial charge in [-0.25, -0.2) is 4.99 Å². The molecular formula is C20H35IN4O3. The summed E-state index contributed by atoms with van der Waals surface area (Å²) in [5, 5.41) is 9.23. The highest BCUT2D eigenvalue weighted by Crippen LogP contribution is 2.28. The number of rotatable bonds is 12. The highest BCUT2D eigenvalue weighted by molar-refractivity contribution is 14.0. The highest BCUT2D eigenvalue weighted by Gasteiger charge is 2.07. The van der Waals surface area contributed by atoms with Gasteiger partial charge in [-0.15, -0.1) is 24.0 Å². The van der Waals surface area contributed by atoms with E-state index in [1.54, 1.807) is 0 Å². The third-order valence-electron chi connectivity index (χ3n) is 3.61. The van der Waals surface area contributed by atoms with Crippen LogP contribution in [0.25, 0.3) is 0 Å². The van der Waals surface area contributed by atoms with Gasteiger partial charge < -0.3 is 25.4 Å². The summed E-state index contributed by atoms with van der Waals surface area (Å²) in [5.74, 6) is 2.11. The van der Waals surface area contributed by atoms with Crippen molar-refractivity contribution in [2.45, 2.75) is 40.5 Å². The molecular weight excluding hydrogens is 471 g/mol. The van der Waals surface area contributed by atoms with E-state index in [4.69, 9.17) is 9.47 Å². The Morgan fingerprint density at radius 2 is 1.68 bits per heavy atom. The van der Waals surface area contributed by atoms with Crippen molar-refractivity contribution in [2.24, 2.45) is 4.99 Å². The van der Waals surface area contributed by atoms with Crippen LogP contribution in [0.3, 0.4) is 0 Å². The minimum Gasteiger partial charge on any atom is -0.490 e. The molecule has 0 aromatic heterocycles. The molecule has 0 aliphatic carbocycles. The molecule has 1 aromatic carbocycles. The Hall–Kier alpha value is -1.71. The third-order valence-corrected chi connectivity index (χ3v) is 3.61. The van der Waals surface area contributed by atoms with Gasteiger partial charge in [0, 0.05) is 19.6 Å². The number of carbonyl (C=O) groups is 1. The molecule has 3 N–H and O–H groups in total. The van der Waals surface area contributed by atoms with E-state index in [0.29, 0.717) is 32.3 Å². The number of ether oxygens (including phenoxy) is 2. The Morgan fingerprint density at radius 3 is 2.32 bits per heavy atom. The monoisotopic (exact) mass is 506 g/mol. The van der Waals surface area contributed by atoms with Crippen molar-refractivity contribution in [2.75, 3.05) is 39.4 Å². The zero-order valence-corrected chi connectivity index (χ0v) is 19.8. The van der Waals surface area contributed by atoms with Crippen molar-refractivity contribution in [3.63, 3.8) is 0 Å². The first-order valence-corrected chi connectivity index (χ1v) is 9.81. The van der Waals surface area contributed by atoms with Crippen molar-refractivity contribution < 1.29 is 14.3 Å². The molecule has 0 heterocycles. The average molecular weight is 506 g/mol. The van der Waals surface area contributed by atoms with Crippen LogP contribution in [-0.4, -0.2) is 51.3 Å². The SMILES string of the molecule is CCCNC(=O)CN=C(NCC)NCCc1ccc(OCC)c(OCC)c1.I. The normalized spacial score (nSPS) is 10.6. The van der Waals surface area contributed by atoms with E-state index in [-0.39, 0.29) is 36.4 Å². The molecule has 8 heteroatoms. The molecule has 7 nitrogen and oxygen atoms in total. The Bertz CT molecular complexity index is 597. The molecule has 0 radical (unpaired) electrons. The highest BCUT2D eigenvalue weighted by atomic mass is 127. The fourth-order valence-corrected chi connectivity index (χ4v) is 2.39. The smallest absolute Gasteiger partial charge is 0.241 e. The van der Waals surface area contributed by atoms with Crippen molar-refractivity contribution in [1.82, 2.24) is 16.0 Å². The summed E-state index contributed by atoms with van der Waals surface area (Å²) < 4.78 is 11.3. The maximum atomic E-state index is 11.7. The molecule has 1 aromatic rings. The lowest BCUT2D eigenvalue weighted by Gasteiger charge is -2.14. The van der Waals surface area contributed by atoms with Crippen LogP contribution in [0.15, 0.2) is 23.2 Å². The molecule has 0 fully saturated rings. The molecule has 0 unspecified atom stereocenters. The van der Waals surface area contributed by atoms with Gasteiger partial charge >= 0.3 is 0 Å². The summed E-state index contributed by atoms with van der Waals surface area (Å²) in [7, 11) is 0. The number of benzene rings is 1. The van der Waals surface area contributed by atoms with Crippen LogP contribution in [0, 0.1) is 0 Å². The van der Waals surface area contributed by atoms with Gasteiger partial charge in [0.15, 0.2) is 17.5 Å². The van der Waals surface area contributed by atoms with E-state index in [1.165, 1.54) is 0 Å². The molecule has 1 rings (SSSR count). The first-order chi connectivity index (χ1) is 13.1. The lowest BCUT2D eigenvalue weighted by Crippen LogP contribution is -2.39. The van der Waals surface area contributed by atoms with E-state index < -0.39 is 0 Å². The maximum Gasteiger partial charge on any atom is 0.241 e. The molecule has 0 atom stereocenters. The number of aliphatic imine (C=N–C) groups is 1. The van der Waals surface area contributed by atoms with Crippen LogP contribution in [-0.2, 0) is 11.2 Å². The zero-order valence-electron chi connectivity index (χ0n) is 17.5. The predicted molar refractivity (Wildman–Crippen MR) is 125 cm³/mol. The minimum atomic E-state index is -0.0677. The number of halogens is 1. The fraction of sp³-hybridized carbons (Fsp3) is 0.600. The Labute approximate surface area is 186 Å².